The van der Waals surface area contributed by atoms with Gasteiger partial charge in [-0.15, -0.1) is 0 Å². The summed E-state index contributed by atoms with van der Waals surface area (Å²) in [5.74, 6) is -2.27. The van der Waals surface area contributed by atoms with Crippen LogP contribution in [0, 0.1) is 12.8 Å². The van der Waals surface area contributed by atoms with Gasteiger partial charge in [0, 0.05) is 7.05 Å². The number of para-hydroxylation sites is 1. The molecule has 0 aliphatic rings. The van der Waals surface area contributed by atoms with Gasteiger partial charge in [0.25, 0.3) is 17.4 Å². The van der Waals surface area contributed by atoms with E-state index < -0.39 is 35.5 Å². The molecule has 180 valence electrons. The first-order valence-corrected chi connectivity index (χ1v) is 10.8. The molecular formula is C24H28N4O6. The van der Waals surface area contributed by atoms with Gasteiger partial charge in [0.05, 0.1) is 17.6 Å². The Bertz CT molecular complexity index is 1220. The molecule has 1 unspecified atom stereocenters. The van der Waals surface area contributed by atoms with Crippen LogP contribution in [0.4, 0.5) is 5.69 Å². The van der Waals surface area contributed by atoms with E-state index in [2.05, 4.69) is 10.6 Å². The number of hydrogen-bond acceptors (Lipinski definition) is 6. The Morgan fingerprint density at radius 1 is 1.03 bits per heavy atom. The van der Waals surface area contributed by atoms with Gasteiger partial charge in [0.1, 0.15) is 11.7 Å². The Labute approximate surface area is 196 Å². The molecule has 0 radical (unpaired) electrons. The zero-order chi connectivity index (χ0) is 25.0. The quantitative estimate of drug-likeness (QED) is 0.489. The Hall–Kier alpha value is -4.08. The Morgan fingerprint density at radius 3 is 2.29 bits per heavy atom. The Kier molecular flexibility index (Phi) is 7.40. The lowest BCUT2D eigenvalue weighted by molar-refractivity contribution is -0.156. The predicted octanol–water partition coefficient (Wildman–Crippen LogP) is 2.40. The fourth-order valence-electron chi connectivity index (χ4n) is 3.36. The second-order valence-corrected chi connectivity index (χ2v) is 8.18. The number of nitrogens with one attached hydrogen (secondary N) is 2. The molecule has 2 aromatic heterocycles. The average molecular weight is 469 g/mol. The van der Waals surface area contributed by atoms with Crippen molar-refractivity contribution in [3.63, 3.8) is 0 Å². The minimum absolute atomic E-state index is 0.0542. The van der Waals surface area contributed by atoms with Crippen molar-refractivity contribution in [2.24, 2.45) is 13.0 Å². The smallest absolute Gasteiger partial charge is 0.329 e. The maximum atomic E-state index is 13.0. The first-order chi connectivity index (χ1) is 16.1. The van der Waals surface area contributed by atoms with Crippen molar-refractivity contribution >= 4 is 23.5 Å². The topological polar surface area (TPSA) is 125 Å². The fraction of sp³-hybridized carbons (Fsp3) is 0.333. The molecule has 34 heavy (non-hydrogen) atoms. The maximum Gasteiger partial charge on any atom is 0.329 e. The number of rotatable bonds is 8. The van der Waals surface area contributed by atoms with Crippen molar-refractivity contribution in [1.82, 2.24) is 14.7 Å². The number of ether oxygens (including phenoxy) is 1. The van der Waals surface area contributed by atoms with Crippen LogP contribution >= 0.6 is 0 Å². The monoisotopic (exact) mass is 468 g/mol. The van der Waals surface area contributed by atoms with Gasteiger partial charge in [0.2, 0.25) is 0 Å². The van der Waals surface area contributed by atoms with E-state index in [0.29, 0.717) is 11.4 Å². The van der Waals surface area contributed by atoms with Crippen molar-refractivity contribution < 1.29 is 23.5 Å². The first kappa shape index (κ1) is 24.6. The standard InChI is InChI=1S/C24H28N4O6/c1-14(2)19(25-22(30)18-12-9-13-33-18)24(32)34-16(4)21(29)26-20-15(3)27(5)28(23(20)31)17-10-7-6-8-11-17/h6-14,16,19H,1-5H3,(H,25,30)(H,26,29)/t16?,19-/m0/s1. The molecule has 1 aromatic carbocycles. The summed E-state index contributed by atoms with van der Waals surface area (Å²) in [6, 6.07) is 11.0. The second-order valence-electron chi connectivity index (χ2n) is 8.18. The molecule has 0 spiro atoms. The molecule has 3 rings (SSSR count). The molecule has 2 atom stereocenters. The Morgan fingerprint density at radius 2 is 1.71 bits per heavy atom. The largest absolute Gasteiger partial charge is 0.459 e. The number of benzene rings is 1. The van der Waals surface area contributed by atoms with Crippen LogP contribution in [-0.4, -0.2) is 39.3 Å². The van der Waals surface area contributed by atoms with Crippen molar-refractivity contribution in [3.8, 4) is 5.69 Å². The third kappa shape index (κ3) is 5.11. The molecule has 2 N–H and O–H groups in total. The lowest BCUT2D eigenvalue weighted by Crippen LogP contribution is -2.47. The van der Waals surface area contributed by atoms with Crippen LogP contribution in [0.1, 0.15) is 37.0 Å². The van der Waals surface area contributed by atoms with Crippen LogP contribution < -0.4 is 16.2 Å². The molecular weight excluding hydrogens is 440 g/mol. The minimum Gasteiger partial charge on any atom is -0.459 e. The highest BCUT2D eigenvalue weighted by Crippen LogP contribution is 2.15. The van der Waals surface area contributed by atoms with Crippen molar-refractivity contribution in [3.05, 3.63) is 70.5 Å². The molecule has 0 saturated heterocycles. The first-order valence-electron chi connectivity index (χ1n) is 10.8. The van der Waals surface area contributed by atoms with Crippen molar-refractivity contribution in [1.29, 1.82) is 0 Å². The van der Waals surface area contributed by atoms with Crippen LogP contribution in [0.2, 0.25) is 0 Å². The molecule has 0 saturated carbocycles. The highest BCUT2D eigenvalue weighted by Gasteiger charge is 2.30. The molecule has 0 aliphatic carbocycles. The van der Waals surface area contributed by atoms with E-state index in [1.165, 1.54) is 23.9 Å². The van der Waals surface area contributed by atoms with E-state index in [1.54, 1.807) is 62.8 Å². The number of anilines is 1. The van der Waals surface area contributed by atoms with Crippen LogP contribution in [-0.2, 0) is 21.4 Å². The number of amides is 2. The molecule has 2 heterocycles. The van der Waals surface area contributed by atoms with Gasteiger partial charge in [0.15, 0.2) is 11.9 Å². The number of esters is 1. The van der Waals surface area contributed by atoms with Gasteiger partial charge in [-0.2, -0.15) is 0 Å². The van der Waals surface area contributed by atoms with E-state index in [0.717, 1.165) is 0 Å². The van der Waals surface area contributed by atoms with Gasteiger partial charge in [-0.25, -0.2) is 9.48 Å². The van der Waals surface area contributed by atoms with E-state index in [9.17, 15) is 19.2 Å². The second kappa shape index (κ2) is 10.2. The van der Waals surface area contributed by atoms with Crippen LogP contribution in [0.3, 0.4) is 0 Å². The summed E-state index contributed by atoms with van der Waals surface area (Å²) < 4.78 is 13.4. The van der Waals surface area contributed by atoms with Gasteiger partial charge in [-0.05, 0) is 44.0 Å². The molecule has 0 fully saturated rings. The third-order valence-electron chi connectivity index (χ3n) is 5.42. The normalized spacial score (nSPS) is 12.8. The summed E-state index contributed by atoms with van der Waals surface area (Å²) in [4.78, 5) is 50.7. The predicted molar refractivity (Wildman–Crippen MR) is 125 cm³/mol. The number of furan rings is 1. The van der Waals surface area contributed by atoms with Crippen molar-refractivity contribution in [2.45, 2.75) is 39.8 Å². The van der Waals surface area contributed by atoms with Gasteiger partial charge in [-0.1, -0.05) is 32.0 Å². The zero-order valence-electron chi connectivity index (χ0n) is 19.7. The molecule has 3 aromatic rings. The average Bonchev–Trinajstić information content (AvgIpc) is 3.41. The fourth-order valence-corrected chi connectivity index (χ4v) is 3.36. The summed E-state index contributed by atoms with van der Waals surface area (Å²) >= 11 is 0. The lowest BCUT2D eigenvalue weighted by atomic mass is 10.0. The molecule has 10 heteroatoms. The van der Waals surface area contributed by atoms with Crippen LogP contribution in [0.5, 0.6) is 0 Å². The summed E-state index contributed by atoms with van der Waals surface area (Å²) in [5, 5.41) is 5.14. The minimum atomic E-state index is -1.21. The van der Waals surface area contributed by atoms with Crippen LogP contribution in [0.15, 0.2) is 57.9 Å². The SMILES string of the molecule is Cc1c(NC(=O)C(C)OC(=O)[C@@H](NC(=O)c2ccco2)C(C)C)c(=O)n(-c2ccccc2)n1C. The number of nitrogens with zero attached hydrogens (tertiary/aromatic N) is 2. The highest BCUT2D eigenvalue weighted by molar-refractivity contribution is 5.97. The van der Waals surface area contributed by atoms with E-state index >= 15 is 0 Å². The summed E-state index contributed by atoms with van der Waals surface area (Å²) in [6.07, 6.45) is 0.139. The number of aromatic nitrogens is 2. The molecule has 0 bridgehead atoms. The van der Waals surface area contributed by atoms with Crippen molar-refractivity contribution in [2.75, 3.05) is 5.32 Å². The van der Waals surface area contributed by atoms with E-state index in [4.69, 9.17) is 9.15 Å². The summed E-state index contributed by atoms with van der Waals surface area (Å²) in [7, 11) is 1.71. The van der Waals surface area contributed by atoms with Gasteiger partial charge >= 0.3 is 5.97 Å². The summed E-state index contributed by atoms with van der Waals surface area (Å²) in [5.41, 5.74) is 0.853. The Balaban J connectivity index is 1.71. The van der Waals surface area contributed by atoms with E-state index in [-0.39, 0.29) is 17.4 Å². The van der Waals surface area contributed by atoms with Crippen LogP contribution in [0.25, 0.3) is 5.69 Å². The highest BCUT2D eigenvalue weighted by atomic mass is 16.5. The number of hydrogen-bond donors (Lipinski definition) is 2. The maximum absolute atomic E-state index is 13.0. The lowest BCUT2D eigenvalue weighted by Gasteiger charge is -2.22. The number of carbonyl (C=O) groups is 3. The molecule has 10 nitrogen and oxygen atoms in total. The number of carbonyl (C=O) groups excluding carboxylic acids is 3. The summed E-state index contributed by atoms with van der Waals surface area (Å²) in [6.45, 7) is 6.57. The van der Waals surface area contributed by atoms with Gasteiger partial charge < -0.3 is 19.8 Å². The van der Waals surface area contributed by atoms with Gasteiger partial charge in [-0.3, -0.25) is 19.1 Å². The third-order valence-corrected chi connectivity index (χ3v) is 5.42. The molecule has 0 aliphatic heterocycles. The zero-order valence-corrected chi connectivity index (χ0v) is 19.7. The molecule has 2 amide bonds. The van der Waals surface area contributed by atoms with E-state index in [1.807, 2.05) is 6.07 Å².